The highest BCUT2D eigenvalue weighted by Gasteiger charge is 2.52. The second-order valence-corrected chi connectivity index (χ2v) is 9.34. The first kappa shape index (κ1) is 27.9. The van der Waals surface area contributed by atoms with Gasteiger partial charge in [0, 0.05) is 32.2 Å². The Morgan fingerprint density at radius 3 is 2.21 bits per heavy atom. The van der Waals surface area contributed by atoms with Crippen molar-refractivity contribution in [2.24, 2.45) is 0 Å². The number of anilines is 1. The third kappa shape index (κ3) is 6.67. The van der Waals surface area contributed by atoms with Gasteiger partial charge in [0.15, 0.2) is 23.5 Å². The molecule has 3 heterocycles. The maximum absolute atomic E-state index is 12.0. The van der Waals surface area contributed by atoms with E-state index in [0.29, 0.717) is 0 Å². The van der Waals surface area contributed by atoms with E-state index in [0.717, 1.165) is 30.8 Å². The highest BCUT2D eigenvalue weighted by molar-refractivity contribution is 9.10. The van der Waals surface area contributed by atoms with Crippen LogP contribution in [-0.2, 0) is 44.7 Å². The van der Waals surface area contributed by atoms with E-state index < -0.39 is 48.5 Å². The number of rotatable bonds is 8. The molecule has 4 rings (SSSR count). The molecule has 1 N–H and O–H groups in total. The summed E-state index contributed by atoms with van der Waals surface area (Å²) in [6.45, 7) is 4.88. The van der Waals surface area contributed by atoms with Crippen LogP contribution in [0.3, 0.4) is 0 Å². The maximum Gasteiger partial charge on any atom is 0.305 e. The fourth-order valence-electron chi connectivity index (χ4n) is 3.85. The average molecular weight is 606 g/mol. The second kappa shape index (κ2) is 11.7. The predicted molar refractivity (Wildman–Crippen MR) is 135 cm³/mol. The molecule has 0 bridgehead atoms. The minimum absolute atomic E-state index is 0.0560. The smallest absolute Gasteiger partial charge is 0.305 e. The van der Waals surface area contributed by atoms with Gasteiger partial charge in [-0.2, -0.15) is 9.97 Å². The quantitative estimate of drug-likeness (QED) is 0.294. The standard InChI is InChI=1S/C24H24BrN5O9/c1-11(31)27-24-28-20-17(21(29-24)35-9-15-5-7-16(25)8-6-15)26-10-30(20)22-18(36-12(2)32)19(37-13(3)33)23(39-22)38-14(4)34/h5-8,10,18-19,22-23H,9H2,1-4H3,(H,27,28,29,31). The first-order valence-electron chi connectivity index (χ1n) is 11.6. The van der Waals surface area contributed by atoms with Crippen molar-refractivity contribution < 1.29 is 42.9 Å². The molecule has 0 radical (unpaired) electrons. The number of hydrogen-bond donors (Lipinski definition) is 1. The van der Waals surface area contributed by atoms with Gasteiger partial charge in [0.1, 0.15) is 6.61 Å². The molecule has 0 aliphatic carbocycles. The summed E-state index contributed by atoms with van der Waals surface area (Å²) in [6.07, 6.45) is -3.82. The van der Waals surface area contributed by atoms with Crippen LogP contribution in [0.2, 0.25) is 0 Å². The van der Waals surface area contributed by atoms with Crippen molar-refractivity contribution in [1.29, 1.82) is 0 Å². The summed E-state index contributed by atoms with van der Waals surface area (Å²) < 4.78 is 30.0. The van der Waals surface area contributed by atoms with Gasteiger partial charge in [-0.1, -0.05) is 28.1 Å². The van der Waals surface area contributed by atoms with E-state index in [-0.39, 0.29) is 29.6 Å². The number of benzene rings is 1. The molecule has 2 aromatic heterocycles. The van der Waals surface area contributed by atoms with Crippen LogP contribution in [0.5, 0.6) is 5.88 Å². The van der Waals surface area contributed by atoms with Crippen molar-refractivity contribution in [3.63, 3.8) is 0 Å². The lowest BCUT2D eigenvalue weighted by Crippen LogP contribution is -2.40. The number of fused-ring (bicyclic) bond motifs is 1. The molecule has 206 valence electrons. The summed E-state index contributed by atoms with van der Waals surface area (Å²) in [5.41, 5.74) is 1.17. The number of imidazole rings is 1. The zero-order valence-corrected chi connectivity index (χ0v) is 22.8. The van der Waals surface area contributed by atoms with E-state index in [2.05, 4.69) is 36.2 Å². The number of halogens is 1. The summed E-state index contributed by atoms with van der Waals surface area (Å²) >= 11 is 3.38. The highest BCUT2D eigenvalue weighted by atomic mass is 79.9. The predicted octanol–water partition coefficient (Wildman–Crippen LogP) is 2.41. The van der Waals surface area contributed by atoms with Crippen molar-refractivity contribution in [1.82, 2.24) is 19.5 Å². The van der Waals surface area contributed by atoms with Crippen LogP contribution in [-0.4, -0.2) is 61.8 Å². The van der Waals surface area contributed by atoms with E-state index in [4.69, 9.17) is 23.7 Å². The molecule has 4 unspecified atom stereocenters. The van der Waals surface area contributed by atoms with Crippen LogP contribution in [0.25, 0.3) is 11.2 Å². The largest absolute Gasteiger partial charge is 0.471 e. The van der Waals surface area contributed by atoms with Gasteiger partial charge >= 0.3 is 17.9 Å². The Balaban J connectivity index is 1.76. The lowest BCUT2D eigenvalue weighted by Gasteiger charge is -2.23. The average Bonchev–Trinajstić information content (AvgIpc) is 3.39. The molecule has 1 aromatic carbocycles. The zero-order chi connectivity index (χ0) is 28.3. The van der Waals surface area contributed by atoms with E-state index in [9.17, 15) is 19.2 Å². The number of hydrogen-bond acceptors (Lipinski definition) is 12. The Morgan fingerprint density at radius 1 is 0.949 bits per heavy atom. The van der Waals surface area contributed by atoms with Crippen LogP contribution in [0.1, 0.15) is 39.5 Å². The summed E-state index contributed by atoms with van der Waals surface area (Å²) in [5, 5.41) is 2.51. The minimum atomic E-state index is -1.40. The topological polar surface area (TPSA) is 170 Å². The van der Waals surface area contributed by atoms with E-state index in [1.54, 1.807) is 0 Å². The van der Waals surface area contributed by atoms with E-state index in [1.807, 2.05) is 24.3 Å². The summed E-state index contributed by atoms with van der Waals surface area (Å²) in [5.74, 6) is -2.59. The fourth-order valence-corrected chi connectivity index (χ4v) is 4.11. The molecular formula is C24H24BrN5O9. The first-order chi connectivity index (χ1) is 18.5. The number of esters is 3. The van der Waals surface area contributed by atoms with Crippen molar-refractivity contribution >= 4 is 56.9 Å². The van der Waals surface area contributed by atoms with Crippen LogP contribution < -0.4 is 10.1 Å². The normalized spacial score (nSPS) is 20.3. The Kier molecular flexibility index (Phi) is 8.40. The third-order valence-electron chi connectivity index (χ3n) is 5.27. The second-order valence-electron chi connectivity index (χ2n) is 8.43. The number of aromatic nitrogens is 4. The van der Waals surface area contributed by atoms with Gasteiger partial charge in [-0.05, 0) is 17.7 Å². The van der Waals surface area contributed by atoms with Crippen LogP contribution in [0, 0.1) is 0 Å². The molecule has 1 aliphatic rings. The maximum atomic E-state index is 12.0. The molecule has 0 saturated carbocycles. The molecule has 1 saturated heterocycles. The van der Waals surface area contributed by atoms with Crippen LogP contribution >= 0.6 is 15.9 Å². The molecule has 0 spiro atoms. The SMILES string of the molecule is CC(=O)Nc1nc(OCc2ccc(Br)cc2)c2ncn(C3OC(OC(C)=O)C(OC(C)=O)C3OC(C)=O)c2n1. The molecule has 3 aromatic rings. The third-order valence-corrected chi connectivity index (χ3v) is 5.80. The minimum Gasteiger partial charge on any atom is -0.471 e. The van der Waals surface area contributed by atoms with Crippen molar-refractivity contribution in [3.05, 3.63) is 40.6 Å². The molecule has 15 heteroatoms. The van der Waals surface area contributed by atoms with Gasteiger partial charge in [0.2, 0.25) is 30.1 Å². The van der Waals surface area contributed by atoms with Crippen molar-refractivity contribution in [3.8, 4) is 5.88 Å². The molecule has 4 atom stereocenters. The molecule has 1 aliphatic heterocycles. The van der Waals surface area contributed by atoms with E-state index in [1.165, 1.54) is 17.8 Å². The molecule has 14 nitrogen and oxygen atoms in total. The highest BCUT2D eigenvalue weighted by Crippen LogP contribution is 2.37. The summed E-state index contributed by atoms with van der Waals surface area (Å²) in [4.78, 5) is 60.3. The molecule has 39 heavy (non-hydrogen) atoms. The van der Waals surface area contributed by atoms with Gasteiger partial charge in [-0.3, -0.25) is 29.1 Å². The molecule has 1 fully saturated rings. The van der Waals surface area contributed by atoms with Gasteiger partial charge in [-0.25, -0.2) is 4.98 Å². The van der Waals surface area contributed by atoms with Gasteiger partial charge in [0.25, 0.3) is 0 Å². The Bertz CT molecular complexity index is 1410. The van der Waals surface area contributed by atoms with Crippen molar-refractivity contribution in [2.45, 2.75) is 59.0 Å². The van der Waals surface area contributed by atoms with E-state index >= 15 is 0 Å². The Hall–Kier alpha value is -4.11. The number of nitrogens with one attached hydrogen (secondary N) is 1. The monoisotopic (exact) mass is 605 g/mol. The fraction of sp³-hybridized carbons (Fsp3) is 0.375. The first-order valence-corrected chi connectivity index (χ1v) is 12.4. The molecular weight excluding hydrogens is 582 g/mol. The number of ether oxygens (including phenoxy) is 5. The lowest BCUT2D eigenvalue weighted by molar-refractivity contribution is -0.198. The molecule has 1 amide bonds. The zero-order valence-electron chi connectivity index (χ0n) is 21.2. The van der Waals surface area contributed by atoms with Crippen molar-refractivity contribution in [2.75, 3.05) is 5.32 Å². The van der Waals surface area contributed by atoms with Gasteiger partial charge in [0.05, 0.1) is 6.33 Å². The summed E-state index contributed by atoms with van der Waals surface area (Å²) in [6, 6.07) is 7.43. The summed E-state index contributed by atoms with van der Waals surface area (Å²) in [7, 11) is 0. The number of carbonyl (C=O) groups excluding carboxylic acids is 4. The number of carbonyl (C=O) groups is 4. The Labute approximate surface area is 230 Å². The lowest BCUT2D eigenvalue weighted by atomic mass is 10.2. The number of amides is 1. The van der Waals surface area contributed by atoms with Crippen LogP contribution in [0.4, 0.5) is 5.95 Å². The van der Waals surface area contributed by atoms with Crippen LogP contribution in [0.15, 0.2) is 35.1 Å². The van der Waals surface area contributed by atoms with Gasteiger partial charge < -0.3 is 23.7 Å². The Morgan fingerprint density at radius 2 is 1.59 bits per heavy atom. The van der Waals surface area contributed by atoms with Gasteiger partial charge in [-0.15, -0.1) is 0 Å². The number of nitrogens with zero attached hydrogens (tertiary/aromatic N) is 4.